The Labute approximate surface area is 157 Å². The molecule has 1 fully saturated rings. The first-order valence-electron chi connectivity index (χ1n) is 8.34. The molecule has 2 rings (SSSR count). The Balaban J connectivity index is 0.00000264. The van der Waals surface area contributed by atoms with Gasteiger partial charge in [-0.3, -0.25) is 4.99 Å². The van der Waals surface area contributed by atoms with Crippen LogP contribution in [-0.4, -0.2) is 51.3 Å². The van der Waals surface area contributed by atoms with Crippen LogP contribution in [0.1, 0.15) is 37.2 Å². The van der Waals surface area contributed by atoms with E-state index in [0.29, 0.717) is 5.92 Å². The Hall–Kier alpha value is -0.820. The fourth-order valence-electron chi connectivity index (χ4n) is 3.03. The Morgan fingerprint density at radius 2 is 2.04 bits per heavy atom. The molecule has 4 nitrogen and oxygen atoms in total. The summed E-state index contributed by atoms with van der Waals surface area (Å²) in [7, 11) is 3.64. The van der Waals surface area contributed by atoms with Crippen LogP contribution < -0.4 is 5.32 Å². The van der Waals surface area contributed by atoms with Crippen LogP contribution in [-0.2, 0) is 4.74 Å². The Bertz CT molecular complexity index is 453. The maximum Gasteiger partial charge on any atom is 0.193 e. The van der Waals surface area contributed by atoms with Crippen LogP contribution in [0.2, 0.25) is 0 Å². The summed E-state index contributed by atoms with van der Waals surface area (Å²) in [6, 6.07) is 10.8. The van der Waals surface area contributed by atoms with Gasteiger partial charge in [0, 0.05) is 46.3 Å². The van der Waals surface area contributed by atoms with Crippen LogP contribution in [0.3, 0.4) is 0 Å². The van der Waals surface area contributed by atoms with Crippen LogP contribution in [0.25, 0.3) is 0 Å². The second-order valence-electron chi connectivity index (χ2n) is 5.87. The van der Waals surface area contributed by atoms with Crippen molar-refractivity contribution in [2.75, 3.05) is 40.4 Å². The number of aliphatic imine (C=N–C) groups is 1. The smallest absolute Gasteiger partial charge is 0.193 e. The van der Waals surface area contributed by atoms with Gasteiger partial charge < -0.3 is 15.0 Å². The second kappa shape index (κ2) is 11.7. The normalized spacial score (nSPS) is 17.9. The van der Waals surface area contributed by atoms with Crippen molar-refractivity contribution in [3.05, 3.63) is 35.9 Å². The van der Waals surface area contributed by atoms with Crippen molar-refractivity contribution in [1.29, 1.82) is 0 Å². The van der Waals surface area contributed by atoms with Gasteiger partial charge in [-0.15, -0.1) is 24.0 Å². The summed E-state index contributed by atoms with van der Waals surface area (Å²) in [4.78, 5) is 6.82. The van der Waals surface area contributed by atoms with Crippen LogP contribution in [0, 0.1) is 0 Å². The third-order valence-electron chi connectivity index (χ3n) is 4.28. The fourth-order valence-corrected chi connectivity index (χ4v) is 3.03. The molecule has 0 radical (unpaired) electrons. The van der Waals surface area contributed by atoms with E-state index in [2.05, 4.69) is 45.5 Å². The minimum absolute atomic E-state index is 0. The van der Waals surface area contributed by atoms with E-state index in [-0.39, 0.29) is 24.0 Å². The summed E-state index contributed by atoms with van der Waals surface area (Å²) in [5.41, 5.74) is 1.44. The molecule has 0 spiro atoms. The number of unbranched alkanes of at least 4 members (excludes halogenated alkanes) is 2. The molecule has 1 aromatic carbocycles. The van der Waals surface area contributed by atoms with Crippen molar-refractivity contribution < 1.29 is 4.74 Å². The van der Waals surface area contributed by atoms with E-state index in [0.717, 1.165) is 38.6 Å². The zero-order valence-corrected chi connectivity index (χ0v) is 16.7. The van der Waals surface area contributed by atoms with Crippen molar-refractivity contribution in [3.8, 4) is 0 Å². The largest absolute Gasteiger partial charge is 0.385 e. The molecule has 1 atom stereocenters. The average Bonchev–Trinajstić information content (AvgIpc) is 3.05. The molecule has 0 bridgehead atoms. The average molecular weight is 431 g/mol. The zero-order valence-electron chi connectivity index (χ0n) is 14.3. The molecule has 1 aromatic rings. The fraction of sp³-hybridized carbons (Fsp3) is 0.611. The lowest BCUT2D eigenvalue weighted by Gasteiger charge is -2.21. The molecule has 0 aromatic heterocycles. The molecule has 1 N–H and O–H groups in total. The lowest BCUT2D eigenvalue weighted by atomic mass is 9.99. The van der Waals surface area contributed by atoms with Gasteiger partial charge in [-0.25, -0.2) is 0 Å². The van der Waals surface area contributed by atoms with Crippen molar-refractivity contribution in [2.45, 2.75) is 31.6 Å². The Kier molecular flexibility index (Phi) is 10.3. The van der Waals surface area contributed by atoms with E-state index in [4.69, 9.17) is 4.74 Å². The maximum absolute atomic E-state index is 5.07. The van der Waals surface area contributed by atoms with E-state index < -0.39 is 0 Å². The first-order chi connectivity index (χ1) is 10.8. The molecule has 0 aliphatic carbocycles. The number of nitrogens with zero attached hydrogens (tertiary/aromatic N) is 2. The number of benzene rings is 1. The highest BCUT2D eigenvalue weighted by molar-refractivity contribution is 14.0. The molecule has 23 heavy (non-hydrogen) atoms. The van der Waals surface area contributed by atoms with Gasteiger partial charge >= 0.3 is 0 Å². The molecule has 130 valence electrons. The van der Waals surface area contributed by atoms with Crippen LogP contribution in [0.4, 0.5) is 0 Å². The first kappa shape index (κ1) is 20.2. The predicted octanol–water partition coefficient (Wildman–Crippen LogP) is 3.49. The number of nitrogens with one attached hydrogen (secondary N) is 1. The zero-order chi connectivity index (χ0) is 15.6. The van der Waals surface area contributed by atoms with Crippen molar-refractivity contribution >= 4 is 29.9 Å². The summed E-state index contributed by atoms with van der Waals surface area (Å²) in [6.45, 7) is 4.00. The summed E-state index contributed by atoms with van der Waals surface area (Å²) in [6.07, 6.45) is 4.71. The Morgan fingerprint density at radius 3 is 2.74 bits per heavy atom. The van der Waals surface area contributed by atoms with Gasteiger partial charge in [-0.1, -0.05) is 30.3 Å². The van der Waals surface area contributed by atoms with Crippen molar-refractivity contribution in [1.82, 2.24) is 10.2 Å². The highest BCUT2D eigenvalue weighted by Crippen LogP contribution is 2.26. The van der Waals surface area contributed by atoms with E-state index in [1.807, 2.05) is 7.05 Å². The molecule has 5 heteroatoms. The number of rotatable bonds is 7. The molecule has 1 aliphatic heterocycles. The third-order valence-corrected chi connectivity index (χ3v) is 4.28. The molecular weight excluding hydrogens is 401 g/mol. The van der Waals surface area contributed by atoms with Gasteiger partial charge in [-0.05, 0) is 31.2 Å². The quantitative estimate of drug-likeness (QED) is 0.311. The lowest BCUT2D eigenvalue weighted by molar-refractivity contribution is 0.192. The van der Waals surface area contributed by atoms with E-state index in [9.17, 15) is 0 Å². The van der Waals surface area contributed by atoms with E-state index >= 15 is 0 Å². The number of hydrogen-bond donors (Lipinski definition) is 1. The molecule has 1 heterocycles. The first-order valence-corrected chi connectivity index (χ1v) is 8.34. The van der Waals surface area contributed by atoms with Gasteiger partial charge in [0.05, 0.1) is 0 Å². The molecule has 1 saturated heterocycles. The maximum atomic E-state index is 5.07. The Morgan fingerprint density at radius 1 is 1.26 bits per heavy atom. The summed E-state index contributed by atoms with van der Waals surface area (Å²) in [5, 5.41) is 3.50. The summed E-state index contributed by atoms with van der Waals surface area (Å²) in [5.74, 6) is 1.67. The van der Waals surface area contributed by atoms with Gasteiger partial charge in [0.15, 0.2) is 5.96 Å². The minimum atomic E-state index is 0. The molecular formula is C18H30IN3O. The molecule has 1 unspecified atom stereocenters. The summed E-state index contributed by atoms with van der Waals surface area (Å²) < 4.78 is 5.07. The third kappa shape index (κ3) is 6.67. The predicted molar refractivity (Wildman–Crippen MR) is 108 cm³/mol. The highest BCUT2D eigenvalue weighted by Gasteiger charge is 2.25. The molecule has 0 amide bonds. The SMILES string of the molecule is CN=C(NCCCCCOC)N1CCC(c2ccccc2)C1.I. The minimum Gasteiger partial charge on any atom is -0.385 e. The number of hydrogen-bond acceptors (Lipinski definition) is 2. The second-order valence-corrected chi connectivity index (χ2v) is 5.87. The topological polar surface area (TPSA) is 36.9 Å². The van der Waals surface area contributed by atoms with Gasteiger partial charge in [0.1, 0.15) is 0 Å². The van der Waals surface area contributed by atoms with Gasteiger partial charge in [0.25, 0.3) is 0 Å². The van der Waals surface area contributed by atoms with Crippen molar-refractivity contribution in [2.24, 2.45) is 4.99 Å². The highest BCUT2D eigenvalue weighted by atomic mass is 127. The van der Waals surface area contributed by atoms with Gasteiger partial charge in [0.2, 0.25) is 0 Å². The van der Waals surface area contributed by atoms with Crippen LogP contribution in [0.15, 0.2) is 35.3 Å². The summed E-state index contributed by atoms with van der Waals surface area (Å²) >= 11 is 0. The lowest BCUT2D eigenvalue weighted by Crippen LogP contribution is -2.40. The molecule has 1 aliphatic rings. The van der Waals surface area contributed by atoms with Crippen LogP contribution in [0.5, 0.6) is 0 Å². The number of methoxy groups -OCH3 is 1. The van der Waals surface area contributed by atoms with Crippen LogP contribution >= 0.6 is 24.0 Å². The monoisotopic (exact) mass is 431 g/mol. The number of likely N-dealkylation sites (tertiary alicyclic amines) is 1. The van der Waals surface area contributed by atoms with E-state index in [1.54, 1.807) is 7.11 Å². The number of guanidine groups is 1. The number of ether oxygens (including phenoxy) is 1. The van der Waals surface area contributed by atoms with Crippen molar-refractivity contribution in [3.63, 3.8) is 0 Å². The van der Waals surface area contributed by atoms with Gasteiger partial charge in [-0.2, -0.15) is 0 Å². The standard InChI is InChI=1S/C18H29N3O.HI/c1-19-18(20-12-7-4-8-14-22-2)21-13-11-17(15-21)16-9-5-3-6-10-16;/h3,5-6,9-10,17H,4,7-8,11-15H2,1-2H3,(H,19,20);1H. The van der Waals surface area contributed by atoms with E-state index in [1.165, 1.54) is 24.8 Å². The number of halogens is 1. The molecule has 0 saturated carbocycles.